The maximum absolute atomic E-state index is 5.96. The fourth-order valence-corrected chi connectivity index (χ4v) is 2.39. The van der Waals surface area contributed by atoms with Crippen molar-refractivity contribution in [1.82, 2.24) is 10.1 Å². The summed E-state index contributed by atoms with van der Waals surface area (Å²) in [5.41, 5.74) is 6.89. The van der Waals surface area contributed by atoms with Crippen molar-refractivity contribution >= 4 is 0 Å². The molecule has 0 saturated carbocycles. The Bertz CT molecular complexity index is 492. The van der Waals surface area contributed by atoms with E-state index < -0.39 is 0 Å². The number of hydrogen-bond acceptors (Lipinski definition) is 5. The molecule has 1 atom stereocenters. The lowest BCUT2D eigenvalue weighted by molar-refractivity contribution is 0.196. The molecule has 2 aromatic heterocycles. The molecular formula is C13H17N3O2. The van der Waals surface area contributed by atoms with E-state index in [4.69, 9.17) is 14.7 Å². The monoisotopic (exact) mass is 247 g/mol. The van der Waals surface area contributed by atoms with Crippen LogP contribution in [0.5, 0.6) is 0 Å². The van der Waals surface area contributed by atoms with Crippen LogP contribution in [0.25, 0.3) is 11.5 Å². The smallest absolute Gasteiger partial charge is 0.202 e. The standard InChI is InChI=1S/C13H17N3O2/c14-10-3-1-5-16(8-10)9-11-7-13(18-15-11)12-4-2-6-17-12/h2,4,6-7,10H,1,3,5,8-9,14H2. The highest BCUT2D eigenvalue weighted by molar-refractivity contribution is 5.49. The molecule has 96 valence electrons. The van der Waals surface area contributed by atoms with Gasteiger partial charge in [-0.15, -0.1) is 0 Å². The van der Waals surface area contributed by atoms with Crippen molar-refractivity contribution in [1.29, 1.82) is 0 Å². The van der Waals surface area contributed by atoms with Gasteiger partial charge in [-0.3, -0.25) is 4.90 Å². The van der Waals surface area contributed by atoms with Crippen LogP contribution >= 0.6 is 0 Å². The summed E-state index contributed by atoms with van der Waals surface area (Å²) in [4.78, 5) is 2.32. The molecule has 0 aliphatic carbocycles. The fraction of sp³-hybridized carbons (Fsp3) is 0.462. The van der Waals surface area contributed by atoms with E-state index in [1.54, 1.807) is 6.26 Å². The van der Waals surface area contributed by atoms with Crippen LogP contribution in [-0.4, -0.2) is 29.2 Å². The minimum atomic E-state index is 0.287. The number of likely N-dealkylation sites (tertiary alicyclic amines) is 1. The fourth-order valence-electron chi connectivity index (χ4n) is 2.39. The first-order valence-corrected chi connectivity index (χ1v) is 6.28. The molecular weight excluding hydrogens is 230 g/mol. The Hall–Kier alpha value is -1.59. The highest BCUT2D eigenvalue weighted by Crippen LogP contribution is 2.21. The van der Waals surface area contributed by atoms with Gasteiger partial charge in [0, 0.05) is 25.2 Å². The molecule has 0 bridgehead atoms. The molecule has 3 heterocycles. The summed E-state index contributed by atoms with van der Waals surface area (Å²) in [6, 6.07) is 5.91. The number of hydrogen-bond donors (Lipinski definition) is 1. The maximum Gasteiger partial charge on any atom is 0.202 e. The van der Waals surface area contributed by atoms with Gasteiger partial charge in [-0.1, -0.05) is 5.16 Å². The molecule has 18 heavy (non-hydrogen) atoms. The van der Waals surface area contributed by atoms with Crippen molar-refractivity contribution in [2.24, 2.45) is 5.73 Å². The molecule has 1 aliphatic heterocycles. The van der Waals surface area contributed by atoms with E-state index in [-0.39, 0.29) is 6.04 Å². The molecule has 1 unspecified atom stereocenters. The van der Waals surface area contributed by atoms with Crippen molar-refractivity contribution in [2.45, 2.75) is 25.4 Å². The van der Waals surface area contributed by atoms with Crippen molar-refractivity contribution < 1.29 is 8.94 Å². The predicted molar refractivity (Wildman–Crippen MR) is 66.7 cm³/mol. The first kappa shape index (κ1) is 11.5. The SMILES string of the molecule is NC1CCCN(Cc2cc(-c3ccco3)on2)C1. The van der Waals surface area contributed by atoms with E-state index in [9.17, 15) is 0 Å². The van der Waals surface area contributed by atoms with Crippen LogP contribution in [0.3, 0.4) is 0 Å². The summed E-state index contributed by atoms with van der Waals surface area (Å²) in [6.45, 7) is 2.80. The van der Waals surface area contributed by atoms with Crippen LogP contribution in [0.1, 0.15) is 18.5 Å². The van der Waals surface area contributed by atoms with Crippen molar-refractivity contribution in [3.05, 3.63) is 30.2 Å². The number of piperidine rings is 1. The van der Waals surface area contributed by atoms with Crippen LogP contribution in [0, 0.1) is 0 Å². The average Bonchev–Trinajstić information content (AvgIpc) is 2.98. The number of nitrogens with zero attached hydrogens (tertiary/aromatic N) is 2. The van der Waals surface area contributed by atoms with Crippen LogP contribution < -0.4 is 5.73 Å². The van der Waals surface area contributed by atoms with Gasteiger partial charge in [0.15, 0.2) is 5.76 Å². The minimum Gasteiger partial charge on any atom is -0.461 e. The second-order valence-electron chi connectivity index (χ2n) is 4.80. The van der Waals surface area contributed by atoms with E-state index >= 15 is 0 Å². The third-order valence-corrected chi connectivity index (χ3v) is 3.25. The van der Waals surface area contributed by atoms with Crippen LogP contribution in [-0.2, 0) is 6.54 Å². The summed E-state index contributed by atoms with van der Waals surface area (Å²) in [7, 11) is 0. The molecule has 1 saturated heterocycles. The van der Waals surface area contributed by atoms with Gasteiger partial charge >= 0.3 is 0 Å². The second-order valence-corrected chi connectivity index (χ2v) is 4.80. The van der Waals surface area contributed by atoms with Gasteiger partial charge in [-0.2, -0.15) is 0 Å². The molecule has 1 fully saturated rings. The second kappa shape index (κ2) is 4.96. The molecule has 2 aromatic rings. The van der Waals surface area contributed by atoms with Crippen LogP contribution in [0.15, 0.2) is 33.4 Å². The third kappa shape index (κ3) is 2.47. The Morgan fingerprint density at radius 3 is 3.17 bits per heavy atom. The maximum atomic E-state index is 5.96. The van der Waals surface area contributed by atoms with E-state index in [1.165, 1.54) is 0 Å². The third-order valence-electron chi connectivity index (χ3n) is 3.25. The Morgan fingerprint density at radius 2 is 2.39 bits per heavy atom. The summed E-state index contributed by atoms with van der Waals surface area (Å²) >= 11 is 0. The van der Waals surface area contributed by atoms with E-state index in [2.05, 4.69) is 10.1 Å². The molecule has 0 aromatic carbocycles. The van der Waals surface area contributed by atoms with E-state index in [0.717, 1.165) is 38.2 Å². The molecule has 5 nitrogen and oxygen atoms in total. The quantitative estimate of drug-likeness (QED) is 0.896. The van der Waals surface area contributed by atoms with Gasteiger partial charge in [0.25, 0.3) is 0 Å². The number of nitrogens with two attached hydrogens (primary N) is 1. The summed E-state index contributed by atoms with van der Waals surface area (Å²) in [5, 5.41) is 4.07. The van der Waals surface area contributed by atoms with E-state index in [1.807, 2.05) is 18.2 Å². The Kier molecular flexibility index (Phi) is 3.17. The lowest BCUT2D eigenvalue weighted by atomic mass is 10.1. The molecule has 5 heteroatoms. The molecule has 2 N–H and O–H groups in total. The van der Waals surface area contributed by atoms with Gasteiger partial charge in [-0.25, -0.2) is 0 Å². The van der Waals surface area contributed by atoms with Crippen molar-refractivity contribution in [3.63, 3.8) is 0 Å². The van der Waals surface area contributed by atoms with Crippen molar-refractivity contribution in [3.8, 4) is 11.5 Å². The zero-order chi connectivity index (χ0) is 12.4. The first-order valence-electron chi connectivity index (χ1n) is 6.28. The van der Waals surface area contributed by atoms with Gasteiger partial charge in [0.1, 0.15) is 0 Å². The lowest BCUT2D eigenvalue weighted by Crippen LogP contribution is -2.42. The number of furan rings is 1. The van der Waals surface area contributed by atoms with Gasteiger partial charge < -0.3 is 14.7 Å². The molecule has 1 aliphatic rings. The zero-order valence-electron chi connectivity index (χ0n) is 10.2. The largest absolute Gasteiger partial charge is 0.461 e. The van der Waals surface area contributed by atoms with Gasteiger partial charge in [0.05, 0.1) is 12.0 Å². The van der Waals surface area contributed by atoms with Crippen molar-refractivity contribution in [2.75, 3.05) is 13.1 Å². The average molecular weight is 247 g/mol. The number of aromatic nitrogens is 1. The van der Waals surface area contributed by atoms with Gasteiger partial charge in [0.2, 0.25) is 5.76 Å². The predicted octanol–water partition coefficient (Wildman–Crippen LogP) is 1.86. The first-order chi connectivity index (χ1) is 8.81. The highest BCUT2D eigenvalue weighted by atomic mass is 16.5. The highest BCUT2D eigenvalue weighted by Gasteiger charge is 2.18. The Balaban J connectivity index is 1.66. The molecule has 0 radical (unpaired) electrons. The normalized spacial score (nSPS) is 21.3. The van der Waals surface area contributed by atoms with E-state index in [0.29, 0.717) is 11.5 Å². The minimum absolute atomic E-state index is 0.287. The summed E-state index contributed by atoms with van der Waals surface area (Å²) in [6.07, 6.45) is 3.90. The van der Waals surface area contributed by atoms with Gasteiger partial charge in [-0.05, 0) is 31.5 Å². The molecule has 0 amide bonds. The zero-order valence-corrected chi connectivity index (χ0v) is 10.2. The van der Waals surface area contributed by atoms with Crippen LogP contribution in [0.2, 0.25) is 0 Å². The summed E-state index contributed by atoms with van der Waals surface area (Å²) in [5.74, 6) is 1.39. The molecule has 3 rings (SSSR count). The summed E-state index contributed by atoms with van der Waals surface area (Å²) < 4.78 is 10.5. The lowest BCUT2D eigenvalue weighted by Gasteiger charge is -2.29. The number of rotatable bonds is 3. The van der Waals surface area contributed by atoms with Crippen LogP contribution in [0.4, 0.5) is 0 Å². The Labute approximate surface area is 106 Å². The topological polar surface area (TPSA) is 68.4 Å². The Morgan fingerprint density at radius 1 is 1.44 bits per heavy atom. The molecule has 0 spiro atoms.